The van der Waals surface area contributed by atoms with E-state index in [4.69, 9.17) is 23.2 Å². The lowest BCUT2D eigenvalue weighted by atomic mass is 10.2. The molecular formula is C10H13Cl2FN2O4S2. The van der Waals surface area contributed by atoms with Gasteiger partial charge in [-0.3, -0.25) is 0 Å². The first-order chi connectivity index (χ1) is 9.40. The Morgan fingerprint density at radius 3 is 1.95 bits per heavy atom. The van der Waals surface area contributed by atoms with Crippen LogP contribution in [0.15, 0.2) is 30.3 Å². The largest absolute Gasteiger partial charge is 0.373 e. The third-order valence-corrected chi connectivity index (χ3v) is 7.57. The molecule has 0 aliphatic rings. The van der Waals surface area contributed by atoms with Gasteiger partial charge in [0.15, 0.2) is 0 Å². The molecule has 0 saturated heterocycles. The van der Waals surface area contributed by atoms with Gasteiger partial charge in [0, 0.05) is 14.1 Å². The lowest BCUT2D eigenvalue weighted by Gasteiger charge is -2.27. The van der Waals surface area contributed by atoms with E-state index in [0.29, 0.717) is 9.87 Å². The Kier molecular flexibility index (Phi) is 5.62. The summed E-state index contributed by atoms with van der Waals surface area (Å²) in [6, 6.07) is 7.77. The van der Waals surface area contributed by atoms with E-state index in [0.717, 1.165) is 14.1 Å². The zero-order valence-electron chi connectivity index (χ0n) is 11.1. The van der Waals surface area contributed by atoms with Gasteiger partial charge in [-0.15, -0.1) is 0 Å². The molecule has 0 heterocycles. The monoisotopic (exact) mass is 378 g/mol. The van der Waals surface area contributed by atoms with Crippen LogP contribution in [0.5, 0.6) is 0 Å². The normalized spacial score (nSPS) is 13.9. The molecule has 0 radical (unpaired) electrons. The summed E-state index contributed by atoms with van der Waals surface area (Å²) >= 11 is 9.97. The van der Waals surface area contributed by atoms with E-state index in [1.165, 1.54) is 12.1 Å². The van der Waals surface area contributed by atoms with Gasteiger partial charge in [-0.25, -0.2) is 8.42 Å². The van der Waals surface area contributed by atoms with Crippen LogP contribution in [0.4, 0.5) is 4.39 Å². The van der Waals surface area contributed by atoms with Crippen molar-refractivity contribution < 1.29 is 21.2 Å². The Morgan fingerprint density at radius 1 is 1.10 bits per heavy atom. The van der Waals surface area contributed by atoms with Crippen molar-refractivity contribution in [2.75, 3.05) is 14.1 Å². The summed E-state index contributed by atoms with van der Waals surface area (Å²) < 4.78 is 58.5. The maximum absolute atomic E-state index is 13.5. The predicted octanol–water partition coefficient (Wildman–Crippen LogP) is 1.68. The van der Waals surface area contributed by atoms with Crippen LogP contribution < -0.4 is 0 Å². The summed E-state index contributed by atoms with van der Waals surface area (Å²) in [4.78, 5) is 0. The molecule has 21 heavy (non-hydrogen) atoms. The maximum atomic E-state index is 13.5. The fourth-order valence-corrected chi connectivity index (χ4v) is 4.99. The van der Waals surface area contributed by atoms with E-state index < -0.39 is 30.7 Å². The Hall–Kier alpha value is -0.450. The highest BCUT2D eigenvalue weighted by Crippen LogP contribution is 2.35. The first-order valence-electron chi connectivity index (χ1n) is 5.46. The lowest BCUT2D eigenvalue weighted by molar-refractivity contribution is 0.412. The van der Waals surface area contributed by atoms with Crippen molar-refractivity contribution in [3.05, 3.63) is 35.9 Å². The highest BCUT2D eigenvalue weighted by atomic mass is 35.5. The minimum atomic E-state index is -5.17. The molecule has 0 atom stereocenters. The summed E-state index contributed by atoms with van der Waals surface area (Å²) in [7, 11) is -7.47. The maximum Gasteiger partial charge on any atom is 0.373 e. The molecule has 0 spiro atoms. The van der Waals surface area contributed by atoms with Crippen LogP contribution in [0.25, 0.3) is 0 Å². The molecule has 120 valence electrons. The van der Waals surface area contributed by atoms with Crippen molar-refractivity contribution in [1.29, 1.82) is 0 Å². The van der Waals surface area contributed by atoms with Crippen molar-refractivity contribution >= 4 is 43.4 Å². The summed E-state index contributed by atoms with van der Waals surface area (Å²) in [5, 5.41) is 0. The molecule has 0 aromatic heterocycles. The minimum absolute atomic E-state index is 0.0741. The molecule has 0 amide bonds. The van der Waals surface area contributed by atoms with Crippen LogP contribution in [-0.4, -0.2) is 42.9 Å². The Morgan fingerprint density at radius 2 is 1.57 bits per heavy atom. The van der Waals surface area contributed by atoms with Crippen LogP contribution in [0, 0.1) is 0 Å². The van der Waals surface area contributed by atoms with Crippen LogP contribution in [0.2, 0.25) is 0 Å². The van der Waals surface area contributed by atoms with Crippen molar-refractivity contribution in [3.63, 3.8) is 0 Å². The van der Waals surface area contributed by atoms with E-state index in [-0.39, 0.29) is 3.71 Å². The van der Waals surface area contributed by atoms with Gasteiger partial charge in [0.25, 0.3) is 20.2 Å². The molecule has 1 rings (SSSR count). The van der Waals surface area contributed by atoms with Gasteiger partial charge >= 0.3 is 3.92 Å². The summed E-state index contributed by atoms with van der Waals surface area (Å²) in [6.45, 7) is -0.630. The number of hydrogen-bond donors (Lipinski definition) is 0. The second-order valence-electron chi connectivity index (χ2n) is 4.16. The van der Waals surface area contributed by atoms with E-state index in [1.54, 1.807) is 18.2 Å². The molecule has 0 saturated carbocycles. The summed E-state index contributed by atoms with van der Waals surface area (Å²) in [6.07, 6.45) is 0. The van der Waals surface area contributed by atoms with Crippen LogP contribution in [-0.2, 0) is 26.8 Å². The minimum Gasteiger partial charge on any atom is -0.205 e. The molecule has 6 nitrogen and oxygen atoms in total. The number of halogens is 3. The molecule has 0 aliphatic heterocycles. The lowest BCUT2D eigenvalue weighted by Crippen LogP contribution is -2.47. The van der Waals surface area contributed by atoms with Crippen molar-refractivity contribution in [2.45, 2.75) is 10.5 Å². The van der Waals surface area contributed by atoms with E-state index in [1.807, 2.05) is 0 Å². The molecule has 0 aliphatic carbocycles. The fraction of sp³-hybridized carbons (Fsp3) is 0.400. The first-order valence-corrected chi connectivity index (χ1v) is 9.05. The zero-order chi connectivity index (χ0) is 16.5. The number of hydrogen-bond acceptors (Lipinski definition) is 4. The van der Waals surface area contributed by atoms with Gasteiger partial charge in [-0.05, 0) is 28.8 Å². The number of nitrogens with zero attached hydrogens (tertiary/aromatic N) is 2. The smallest absolute Gasteiger partial charge is 0.205 e. The van der Waals surface area contributed by atoms with Gasteiger partial charge in [0.05, 0.1) is 6.54 Å². The molecule has 1 aromatic rings. The third kappa shape index (κ3) is 4.05. The fourth-order valence-electron chi connectivity index (χ4n) is 1.32. The van der Waals surface area contributed by atoms with Crippen molar-refractivity contribution in [2.24, 2.45) is 0 Å². The molecule has 0 unspecified atom stereocenters. The average Bonchev–Trinajstić information content (AvgIpc) is 2.35. The molecule has 0 N–H and O–H groups in total. The highest BCUT2D eigenvalue weighted by Gasteiger charge is 2.50. The Labute approximate surface area is 133 Å². The first kappa shape index (κ1) is 18.6. The average molecular weight is 379 g/mol. The van der Waals surface area contributed by atoms with Gasteiger partial charge in [0.1, 0.15) is 0 Å². The van der Waals surface area contributed by atoms with E-state index in [9.17, 15) is 21.2 Å². The van der Waals surface area contributed by atoms with Crippen LogP contribution in [0.3, 0.4) is 0 Å². The second kappa shape index (κ2) is 6.35. The zero-order valence-corrected chi connectivity index (χ0v) is 14.2. The highest BCUT2D eigenvalue weighted by molar-refractivity contribution is 8.04. The summed E-state index contributed by atoms with van der Waals surface area (Å²) in [5.41, 5.74) is 0.323. The number of benzene rings is 1. The van der Waals surface area contributed by atoms with Gasteiger partial charge in [-0.1, -0.05) is 34.0 Å². The molecule has 0 fully saturated rings. The standard InChI is InChI=1S/C10H13Cl2FN2O4S2/c1-14(2)21(18,19)15(20(16,17)10(11,12)13)8-9-6-4-3-5-7-9/h3-7H,8H2,1-2H3. The van der Waals surface area contributed by atoms with Gasteiger partial charge in [-0.2, -0.15) is 17.1 Å². The Balaban J connectivity index is 3.40. The molecule has 11 heteroatoms. The van der Waals surface area contributed by atoms with Gasteiger partial charge < -0.3 is 0 Å². The van der Waals surface area contributed by atoms with Crippen molar-refractivity contribution in [3.8, 4) is 0 Å². The van der Waals surface area contributed by atoms with Gasteiger partial charge in [0.2, 0.25) is 0 Å². The van der Waals surface area contributed by atoms with Crippen LogP contribution in [0.1, 0.15) is 5.56 Å². The third-order valence-electron chi connectivity index (χ3n) is 2.43. The number of sulfonamides is 1. The number of rotatable bonds is 6. The molecule has 1 aromatic carbocycles. The van der Waals surface area contributed by atoms with E-state index >= 15 is 0 Å². The Bertz CT molecular complexity index is 688. The quantitative estimate of drug-likeness (QED) is 0.705. The van der Waals surface area contributed by atoms with Crippen molar-refractivity contribution in [1.82, 2.24) is 8.02 Å². The van der Waals surface area contributed by atoms with Crippen LogP contribution >= 0.6 is 23.2 Å². The topological polar surface area (TPSA) is 74.8 Å². The SMILES string of the molecule is CN(C)S(=O)(=O)N(Cc1ccccc1)S(=O)(=O)C(F)(Cl)Cl. The van der Waals surface area contributed by atoms with E-state index in [2.05, 4.69) is 0 Å². The molecular weight excluding hydrogens is 366 g/mol. The number of alkyl halides is 3. The predicted molar refractivity (Wildman–Crippen MR) is 79.1 cm³/mol. The summed E-state index contributed by atoms with van der Waals surface area (Å²) in [5.74, 6) is 0. The second-order valence-corrected chi connectivity index (χ2v) is 10.1. The molecule has 0 bridgehead atoms.